The molecule has 1 saturated heterocycles. The van der Waals surface area contributed by atoms with Gasteiger partial charge in [0, 0.05) is 25.2 Å². The monoisotopic (exact) mass is 356 g/mol. The Morgan fingerprint density at radius 2 is 1.77 bits per heavy atom. The maximum absolute atomic E-state index is 14.3. The Labute approximate surface area is 151 Å². The fraction of sp³-hybridized carbons (Fsp3) is 0.300. The van der Waals surface area contributed by atoms with E-state index >= 15 is 0 Å². The van der Waals surface area contributed by atoms with E-state index in [4.69, 9.17) is 5.11 Å². The SMILES string of the molecule is O=C(O)C1CCN(C(=O)NCc2ccc(-c3ccccc3)cc2F)CC1. The van der Waals surface area contributed by atoms with E-state index in [9.17, 15) is 14.0 Å². The molecule has 0 atom stereocenters. The Hall–Kier alpha value is -2.89. The lowest BCUT2D eigenvalue weighted by Crippen LogP contribution is -2.45. The summed E-state index contributed by atoms with van der Waals surface area (Å²) in [6.45, 7) is 0.898. The maximum atomic E-state index is 14.3. The Bertz CT molecular complexity index is 787. The Morgan fingerprint density at radius 3 is 2.38 bits per heavy atom. The van der Waals surface area contributed by atoms with E-state index in [1.807, 2.05) is 36.4 Å². The van der Waals surface area contributed by atoms with E-state index in [-0.39, 0.29) is 24.3 Å². The number of nitrogens with zero attached hydrogens (tertiary/aromatic N) is 1. The summed E-state index contributed by atoms with van der Waals surface area (Å²) < 4.78 is 14.3. The van der Waals surface area contributed by atoms with Gasteiger partial charge in [0.05, 0.1) is 5.92 Å². The highest BCUT2D eigenvalue weighted by Gasteiger charge is 2.26. The Kier molecular flexibility index (Phi) is 5.51. The van der Waals surface area contributed by atoms with Crippen LogP contribution >= 0.6 is 0 Å². The minimum absolute atomic E-state index is 0.0958. The molecule has 0 aromatic heterocycles. The molecule has 0 saturated carbocycles. The molecule has 2 aromatic carbocycles. The van der Waals surface area contributed by atoms with Gasteiger partial charge < -0.3 is 15.3 Å². The van der Waals surface area contributed by atoms with E-state index in [0.717, 1.165) is 11.1 Å². The molecule has 1 aliphatic heterocycles. The molecule has 2 aromatic rings. The second kappa shape index (κ2) is 7.99. The van der Waals surface area contributed by atoms with Crippen molar-refractivity contribution >= 4 is 12.0 Å². The number of carboxylic acids is 1. The third-order valence-electron chi connectivity index (χ3n) is 4.72. The number of nitrogens with one attached hydrogen (secondary N) is 1. The second-order valence-corrected chi connectivity index (χ2v) is 6.43. The zero-order valence-electron chi connectivity index (χ0n) is 14.3. The van der Waals surface area contributed by atoms with E-state index in [2.05, 4.69) is 5.32 Å². The van der Waals surface area contributed by atoms with E-state index in [1.165, 1.54) is 6.07 Å². The lowest BCUT2D eigenvalue weighted by Gasteiger charge is -2.30. The highest BCUT2D eigenvalue weighted by atomic mass is 19.1. The normalized spacial score (nSPS) is 14.9. The summed E-state index contributed by atoms with van der Waals surface area (Å²) in [5.41, 5.74) is 2.13. The molecule has 1 heterocycles. The molecule has 1 aliphatic rings. The smallest absolute Gasteiger partial charge is 0.317 e. The molecular formula is C20H21FN2O3. The average molecular weight is 356 g/mol. The van der Waals surface area contributed by atoms with Gasteiger partial charge in [-0.25, -0.2) is 9.18 Å². The molecule has 6 heteroatoms. The van der Waals surface area contributed by atoms with Crippen molar-refractivity contribution in [2.45, 2.75) is 19.4 Å². The molecule has 0 bridgehead atoms. The Morgan fingerprint density at radius 1 is 1.08 bits per heavy atom. The van der Waals surface area contributed by atoms with E-state index in [0.29, 0.717) is 31.5 Å². The standard InChI is InChI=1S/C20H21FN2O3/c21-18-12-16(14-4-2-1-3-5-14)6-7-17(18)13-22-20(26)23-10-8-15(9-11-23)19(24)25/h1-7,12,15H,8-11,13H2,(H,22,26)(H,24,25). The number of amides is 2. The number of urea groups is 1. The van der Waals surface area contributed by atoms with Crippen LogP contribution in [0.25, 0.3) is 11.1 Å². The summed E-state index contributed by atoms with van der Waals surface area (Å²) in [5, 5.41) is 11.7. The number of halogens is 1. The number of likely N-dealkylation sites (tertiary alicyclic amines) is 1. The maximum Gasteiger partial charge on any atom is 0.317 e. The number of carbonyl (C=O) groups excluding carboxylic acids is 1. The molecule has 0 radical (unpaired) electrons. The second-order valence-electron chi connectivity index (χ2n) is 6.43. The lowest BCUT2D eigenvalue weighted by molar-refractivity contribution is -0.143. The molecule has 136 valence electrons. The number of carbonyl (C=O) groups is 2. The van der Waals surface area contributed by atoms with Gasteiger partial charge in [-0.1, -0.05) is 42.5 Å². The number of aliphatic carboxylic acids is 1. The van der Waals surface area contributed by atoms with Gasteiger partial charge in [-0.3, -0.25) is 4.79 Å². The van der Waals surface area contributed by atoms with Crippen LogP contribution in [0.2, 0.25) is 0 Å². The fourth-order valence-electron chi connectivity index (χ4n) is 3.11. The van der Waals surface area contributed by atoms with E-state index in [1.54, 1.807) is 11.0 Å². The van der Waals surface area contributed by atoms with Crippen LogP contribution in [0.5, 0.6) is 0 Å². The van der Waals surface area contributed by atoms with Crippen LogP contribution in [-0.4, -0.2) is 35.1 Å². The van der Waals surface area contributed by atoms with Crippen molar-refractivity contribution in [2.24, 2.45) is 5.92 Å². The number of carboxylic acid groups (broad SMARTS) is 1. The largest absolute Gasteiger partial charge is 0.481 e. The predicted molar refractivity (Wildman–Crippen MR) is 96.0 cm³/mol. The predicted octanol–water partition coefficient (Wildman–Crippen LogP) is 3.50. The van der Waals surface area contributed by atoms with Crippen LogP contribution < -0.4 is 5.32 Å². The molecule has 3 rings (SSSR count). The highest BCUT2D eigenvalue weighted by Crippen LogP contribution is 2.22. The summed E-state index contributed by atoms with van der Waals surface area (Å²) in [5.74, 6) is -1.57. The molecule has 0 aliphatic carbocycles. The van der Waals surface area contributed by atoms with E-state index < -0.39 is 5.97 Å². The van der Waals surface area contributed by atoms with Gasteiger partial charge in [0.1, 0.15) is 5.82 Å². The average Bonchev–Trinajstić information content (AvgIpc) is 2.67. The van der Waals surface area contributed by atoms with Gasteiger partial charge in [0.2, 0.25) is 0 Å². The van der Waals surface area contributed by atoms with Crippen molar-refractivity contribution in [3.63, 3.8) is 0 Å². The minimum atomic E-state index is -0.814. The molecule has 0 spiro atoms. The van der Waals surface area contributed by atoms with Crippen LogP contribution in [0.1, 0.15) is 18.4 Å². The van der Waals surface area contributed by atoms with Crippen molar-refractivity contribution in [3.8, 4) is 11.1 Å². The molecular weight excluding hydrogens is 335 g/mol. The number of hydrogen-bond donors (Lipinski definition) is 2. The van der Waals surface area contributed by atoms with Gasteiger partial charge in [0.25, 0.3) is 0 Å². The van der Waals surface area contributed by atoms with Crippen LogP contribution in [0.15, 0.2) is 48.5 Å². The lowest BCUT2D eigenvalue weighted by atomic mass is 9.97. The molecule has 2 amide bonds. The van der Waals surface area contributed by atoms with Crippen LogP contribution in [0, 0.1) is 11.7 Å². The topological polar surface area (TPSA) is 69.6 Å². The first-order valence-electron chi connectivity index (χ1n) is 8.64. The Balaban J connectivity index is 1.56. The van der Waals surface area contributed by atoms with Crippen molar-refractivity contribution in [3.05, 3.63) is 59.9 Å². The number of rotatable bonds is 4. The summed E-state index contributed by atoms with van der Waals surface area (Å²) in [6.07, 6.45) is 0.895. The number of piperidine rings is 1. The van der Waals surface area contributed by atoms with Gasteiger partial charge in [-0.2, -0.15) is 0 Å². The fourth-order valence-corrected chi connectivity index (χ4v) is 3.11. The zero-order chi connectivity index (χ0) is 18.5. The van der Waals surface area contributed by atoms with Crippen molar-refractivity contribution in [1.29, 1.82) is 0 Å². The van der Waals surface area contributed by atoms with Gasteiger partial charge in [-0.15, -0.1) is 0 Å². The third-order valence-corrected chi connectivity index (χ3v) is 4.72. The molecule has 1 fully saturated rings. The first-order valence-corrected chi connectivity index (χ1v) is 8.64. The summed E-state index contributed by atoms with van der Waals surface area (Å²) in [6, 6.07) is 14.2. The molecule has 5 nitrogen and oxygen atoms in total. The summed E-state index contributed by atoms with van der Waals surface area (Å²) in [7, 11) is 0. The van der Waals surface area contributed by atoms with Crippen molar-refractivity contribution in [1.82, 2.24) is 10.2 Å². The molecule has 2 N–H and O–H groups in total. The van der Waals surface area contributed by atoms with Gasteiger partial charge >= 0.3 is 12.0 Å². The van der Waals surface area contributed by atoms with Crippen LogP contribution in [0.4, 0.5) is 9.18 Å². The number of benzene rings is 2. The quantitative estimate of drug-likeness (QED) is 0.881. The van der Waals surface area contributed by atoms with Crippen LogP contribution in [0.3, 0.4) is 0 Å². The number of hydrogen-bond acceptors (Lipinski definition) is 2. The van der Waals surface area contributed by atoms with Gasteiger partial charge in [0.15, 0.2) is 0 Å². The summed E-state index contributed by atoms with van der Waals surface area (Å²) >= 11 is 0. The van der Waals surface area contributed by atoms with Crippen molar-refractivity contribution in [2.75, 3.05) is 13.1 Å². The molecule has 0 unspecified atom stereocenters. The van der Waals surface area contributed by atoms with Crippen LogP contribution in [-0.2, 0) is 11.3 Å². The first kappa shape index (κ1) is 17.9. The zero-order valence-corrected chi connectivity index (χ0v) is 14.3. The van der Waals surface area contributed by atoms with Gasteiger partial charge in [-0.05, 0) is 30.0 Å². The first-order chi connectivity index (χ1) is 12.5. The van der Waals surface area contributed by atoms with Crippen molar-refractivity contribution < 1.29 is 19.1 Å². The highest BCUT2D eigenvalue weighted by molar-refractivity contribution is 5.75. The minimum Gasteiger partial charge on any atom is -0.481 e. The molecule has 26 heavy (non-hydrogen) atoms. The third kappa shape index (κ3) is 4.20. The summed E-state index contributed by atoms with van der Waals surface area (Å²) in [4.78, 5) is 24.7.